The van der Waals surface area contributed by atoms with E-state index < -0.39 is 41.7 Å². The Morgan fingerprint density at radius 1 is 1.16 bits per heavy atom. The molecule has 1 aliphatic rings. The van der Waals surface area contributed by atoms with E-state index in [0.29, 0.717) is 13.0 Å². The lowest BCUT2D eigenvalue weighted by molar-refractivity contribution is -0.161. The minimum atomic E-state index is -1.13. The van der Waals surface area contributed by atoms with Crippen molar-refractivity contribution < 1.29 is 33.4 Å². The van der Waals surface area contributed by atoms with Crippen LogP contribution in [0.3, 0.4) is 0 Å². The molecule has 1 aliphatic heterocycles. The van der Waals surface area contributed by atoms with Crippen LogP contribution in [-0.4, -0.2) is 48.2 Å². The third-order valence-electron chi connectivity index (χ3n) is 4.40. The summed E-state index contributed by atoms with van der Waals surface area (Å²) < 4.78 is 15.3. The zero-order valence-corrected chi connectivity index (χ0v) is 18.1. The zero-order chi connectivity index (χ0) is 22.9. The molecule has 1 saturated heterocycles. The topological polar surface area (TPSA) is 120 Å². The number of amides is 1. The number of nitrogens with one attached hydrogen (secondary N) is 2. The first-order chi connectivity index (χ1) is 14.6. The highest BCUT2D eigenvalue weighted by atomic mass is 16.6. The molecular weight excluding hydrogens is 404 g/mol. The molecule has 9 heteroatoms. The van der Waals surface area contributed by atoms with Crippen LogP contribution >= 0.6 is 0 Å². The third-order valence-corrected chi connectivity index (χ3v) is 4.40. The van der Waals surface area contributed by atoms with E-state index in [2.05, 4.69) is 10.6 Å². The van der Waals surface area contributed by atoms with Gasteiger partial charge in [0, 0.05) is 6.42 Å². The van der Waals surface area contributed by atoms with Gasteiger partial charge in [-0.05, 0) is 52.1 Å². The van der Waals surface area contributed by atoms with Crippen molar-refractivity contribution >= 4 is 24.0 Å². The fourth-order valence-corrected chi connectivity index (χ4v) is 2.91. The second-order valence-corrected chi connectivity index (χ2v) is 8.27. The molecule has 1 unspecified atom stereocenters. The first-order valence-corrected chi connectivity index (χ1v) is 10.3. The standard InChI is InChI=1S/C22H30N2O7/c1-22(2,3)31-21(28)24-17(19(26)29-14-15-8-5-4-6-9-15)11-12-18(25)30-20(27)16-10-7-13-23-16/h4-6,8-9,16-17,23H,7,10-14H2,1-3H3,(H,24,28)/t16-,17?/m0/s1. The molecule has 0 radical (unpaired) electrons. The van der Waals surface area contributed by atoms with Gasteiger partial charge >= 0.3 is 24.0 Å². The van der Waals surface area contributed by atoms with Crippen LogP contribution in [0.15, 0.2) is 30.3 Å². The number of carbonyl (C=O) groups is 4. The van der Waals surface area contributed by atoms with Gasteiger partial charge in [0.1, 0.15) is 24.3 Å². The summed E-state index contributed by atoms with van der Waals surface area (Å²) in [6.07, 6.45) is 0.286. The Morgan fingerprint density at radius 3 is 2.48 bits per heavy atom. The molecule has 0 aromatic heterocycles. The average molecular weight is 434 g/mol. The van der Waals surface area contributed by atoms with Crippen LogP contribution in [0.2, 0.25) is 0 Å². The van der Waals surface area contributed by atoms with Crippen LogP contribution in [0.5, 0.6) is 0 Å². The predicted molar refractivity (Wildman–Crippen MR) is 111 cm³/mol. The van der Waals surface area contributed by atoms with Crippen molar-refractivity contribution in [3.8, 4) is 0 Å². The second-order valence-electron chi connectivity index (χ2n) is 8.27. The van der Waals surface area contributed by atoms with Crippen molar-refractivity contribution in [1.29, 1.82) is 0 Å². The summed E-state index contributed by atoms with van der Waals surface area (Å²) in [6.45, 7) is 5.78. The molecule has 2 N–H and O–H groups in total. The maximum Gasteiger partial charge on any atom is 0.408 e. The lowest BCUT2D eigenvalue weighted by Crippen LogP contribution is -2.44. The Morgan fingerprint density at radius 2 is 1.87 bits per heavy atom. The number of alkyl carbamates (subject to hydrolysis) is 1. The maximum absolute atomic E-state index is 12.5. The van der Waals surface area contributed by atoms with E-state index in [1.54, 1.807) is 32.9 Å². The molecule has 1 fully saturated rings. The highest BCUT2D eigenvalue weighted by molar-refractivity contribution is 5.89. The molecule has 9 nitrogen and oxygen atoms in total. The van der Waals surface area contributed by atoms with Gasteiger partial charge < -0.3 is 24.8 Å². The smallest absolute Gasteiger partial charge is 0.408 e. The summed E-state index contributed by atoms with van der Waals surface area (Å²) in [5, 5.41) is 5.38. The SMILES string of the molecule is CC(C)(C)OC(=O)NC(CCC(=O)OC(=O)[C@@H]1CCCN1)C(=O)OCc1ccccc1. The molecule has 170 valence electrons. The lowest BCUT2D eigenvalue weighted by Gasteiger charge is -2.23. The number of hydrogen-bond acceptors (Lipinski definition) is 8. The monoisotopic (exact) mass is 434 g/mol. The van der Waals surface area contributed by atoms with E-state index >= 15 is 0 Å². The number of benzene rings is 1. The fourth-order valence-electron chi connectivity index (χ4n) is 2.91. The average Bonchev–Trinajstić information content (AvgIpc) is 3.23. The van der Waals surface area contributed by atoms with Gasteiger partial charge in [-0.3, -0.25) is 4.79 Å². The van der Waals surface area contributed by atoms with E-state index in [4.69, 9.17) is 14.2 Å². The lowest BCUT2D eigenvalue weighted by atomic mass is 10.1. The summed E-state index contributed by atoms with van der Waals surface area (Å²) in [4.78, 5) is 48.7. The molecule has 1 amide bonds. The highest BCUT2D eigenvalue weighted by Crippen LogP contribution is 2.11. The number of ether oxygens (including phenoxy) is 3. The molecule has 0 spiro atoms. The third kappa shape index (κ3) is 9.17. The van der Waals surface area contributed by atoms with Gasteiger partial charge in [0.15, 0.2) is 0 Å². The van der Waals surface area contributed by atoms with Crippen LogP contribution in [0.4, 0.5) is 4.79 Å². The minimum absolute atomic E-state index is 0.0163. The van der Waals surface area contributed by atoms with Crippen LogP contribution in [0, 0.1) is 0 Å². The second kappa shape index (κ2) is 11.5. The van der Waals surface area contributed by atoms with Gasteiger partial charge in [-0.25, -0.2) is 14.4 Å². The molecule has 2 atom stereocenters. The van der Waals surface area contributed by atoms with Crippen LogP contribution in [0.25, 0.3) is 0 Å². The minimum Gasteiger partial charge on any atom is -0.459 e. The van der Waals surface area contributed by atoms with Crippen LogP contribution in [-0.2, 0) is 35.2 Å². The van der Waals surface area contributed by atoms with Crippen molar-refractivity contribution in [2.24, 2.45) is 0 Å². The van der Waals surface area contributed by atoms with Crippen LogP contribution < -0.4 is 10.6 Å². The van der Waals surface area contributed by atoms with Gasteiger partial charge in [-0.1, -0.05) is 30.3 Å². The van der Waals surface area contributed by atoms with E-state index in [1.165, 1.54) is 0 Å². The summed E-state index contributed by atoms with van der Waals surface area (Å²) in [5.74, 6) is -2.12. The Kier molecular flexibility index (Phi) is 8.99. The highest BCUT2D eigenvalue weighted by Gasteiger charge is 2.29. The number of esters is 3. The fraction of sp³-hybridized carbons (Fsp3) is 0.545. The van der Waals surface area contributed by atoms with Gasteiger partial charge in [0.05, 0.1) is 0 Å². The molecule has 31 heavy (non-hydrogen) atoms. The van der Waals surface area contributed by atoms with E-state index in [1.807, 2.05) is 18.2 Å². The first kappa shape index (κ1) is 24.3. The summed E-state index contributed by atoms with van der Waals surface area (Å²) in [7, 11) is 0. The van der Waals surface area contributed by atoms with Gasteiger partial charge in [0.2, 0.25) is 0 Å². The van der Waals surface area contributed by atoms with E-state index in [9.17, 15) is 19.2 Å². The first-order valence-electron chi connectivity index (χ1n) is 10.3. The van der Waals surface area contributed by atoms with Crippen molar-refractivity contribution in [3.63, 3.8) is 0 Å². The molecule has 1 heterocycles. The quantitative estimate of drug-likeness (QED) is 0.363. The van der Waals surface area contributed by atoms with Gasteiger partial charge in [0.25, 0.3) is 0 Å². The Labute approximate surface area is 181 Å². The van der Waals surface area contributed by atoms with E-state index in [0.717, 1.165) is 12.0 Å². The summed E-state index contributed by atoms with van der Waals surface area (Å²) >= 11 is 0. The van der Waals surface area contributed by atoms with Crippen molar-refractivity contribution in [1.82, 2.24) is 10.6 Å². The summed E-state index contributed by atoms with van der Waals surface area (Å²) in [5.41, 5.74) is 0.0169. The zero-order valence-electron chi connectivity index (χ0n) is 18.1. The van der Waals surface area contributed by atoms with Crippen molar-refractivity contribution in [2.75, 3.05) is 6.54 Å². The van der Waals surface area contributed by atoms with Crippen molar-refractivity contribution in [3.05, 3.63) is 35.9 Å². The van der Waals surface area contributed by atoms with E-state index in [-0.39, 0.29) is 19.4 Å². The molecule has 1 aromatic carbocycles. The molecule has 1 aromatic rings. The normalized spacial score (nSPS) is 16.8. The van der Waals surface area contributed by atoms with Crippen LogP contribution in [0.1, 0.15) is 52.0 Å². The Hall–Kier alpha value is -2.94. The maximum atomic E-state index is 12.5. The molecule has 0 saturated carbocycles. The number of carbonyl (C=O) groups excluding carboxylic acids is 4. The number of hydrogen-bond donors (Lipinski definition) is 2. The Balaban J connectivity index is 1.91. The van der Waals surface area contributed by atoms with Gasteiger partial charge in [-0.2, -0.15) is 0 Å². The van der Waals surface area contributed by atoms with Crippen molar-refractivity contribution in [2.45, 2.75) is 70.7 Å². The largest absolute Gasteiger partial charge is 0.459 e. The summed E-state index contributed by atoms with van der Waals surface area (Å²) in [6, 6.07) is 7.43. The number of rotatable bonds is 8. The Bertz CT molecular complexity index is 768. The molecule has 0 bridgehead atoms. The molecule has 0 aliphatic carbocycles. The molecular formula is C22H30N2O7. The van der Waals surface area contributed by atoms with Gasteiger partial charge in [-0.15, -0.1) is 0 Å². The molecule has 2 rings (SSSR count). The predicted octanol–water partition coefficient (Wildman–Crippen LogP) is 2.23.